The van der Waals surface area contributed by atoms with Gasteiger partial charge in [-0.2, -0.15) is 0 Å². The Balaban J connectivity index is 1.67. The quantitative estimate of drug-likeness (QED) is 0.381. The molecule has 0 atom stereocenters. The SMILES string of the molecule is COC(=O)c1cc(N2CCOCC2)cc2c1nc(C1CCC1)n2-c1ccnc2c(Cl)cccc12. The van der Waals surface area contributed by atoms with Crippen LogP contribution in [-0.4, -0.2) is 53.9 Å². The van der Waals surface area contributed by atoms with Crippen LogP contribution in [0.5, 0.6) is 0 Å². The van der Waals surface area contributed by atoms with E-state index in [1.807, 2.05) is 30.3 Å². The predicted octanol–water partition coefficient (Wildman–Crippen LogP) is 5.12. The van der Waals surface area contributed by atoms with Gasteiger partial charge in [-0.3, -0.25) is 9.55 Å². The Bertz CT molecular complexity index is 1410. The molecule has 174 valence electrons. The van der Waals surface area contributed by atoms with Crippen LogP contribution in [0.4, 0.5) is 5.69 Å². The highest BCUT2D eigenvalue weighted by Crippen LogP contribution is 2.41. The Morgan fingerprint density at radius 2 is 1.97 bits per heavy atom. The summed E-state index contributed by atoms with van der Waals surface area (Å²) in [6.07, 6.45) is 5.13. The summed E-state index contributed by atoms with van der Waals surface area (Å²) in [6, 6.07) is 11.9. The smallest absolute Gasteiger partial charge is 0.340 e. The minimum Gasteiger partial charge on any atom is -0.465 e. The van der Waals surface area contributed by atoms with Gasteiger partial charge < -0.3 is 14.4 Å². The van der Waals surface area contributed by atoms with Crippen molar-refractivity contribution in [2.24, 2.45) is 0 Å². The Kier molecular flexibility index (Phi) is 5.38. The van der Waals surface area contributed by atoms with Gasteiger partial charge in [-0.1, -0.05) is 30.2 Å². The standard InChI is InChI=1S/C26H25ClN4O3/c1-33-26(32)19-14-17(30-10-12-34-13-11-30)15-22-24(19)29-25(16-4-2-5-16)31(22)21-8-9-28-23-18(21)6-3-7-20(23)27/h3,6-9,14-16H,2,4-5,10-13H2,1H3. The lowest BCUT2D eigenvalue weighted by molar-refractivity contribution is 0.0603. The molecule has 0 radical (unpaired) electrons. The zero-order valence-electron chi connectivity index (χ0n) is 19.0. The Morgan fingerprint density at radius 3 is 2.71 bits per heavy atom. The van der Waals surface area contributed by atoms with Crippen molar-refractivity contribution in [2.75, 3.05) is 38.3 Å². The summed E-state index contributed by atoms with van der Waals surface area (Å²) in [5.74, 6) is 0.928. The fraction of sp³-hybridized carbons (Fsp3) is 0.346. The molecule has 4 aromatic rings. The first-order valence-electron chi connectivity index (χ1n) is 11.7. The lowest BCUT2D eigenvalue weighted by Crippen LogP contribution is -2.36. The first kappa shape index (κ1) is 21.4. The number of hydrogen-bond donors (Lipinski definition) is 0. The van der Waals surface area contributed by atoms with Crippen molar-refractivity contribution in [3.8, 4) is 5.69 Å². The number of methoxy groups -OCH3 is 1. The van der Waals surface area contributed by atoms with Crippen molar-refractivity contribution < 1.29 is 14.3 Å². The summed E-state index contributed by atoms with van der Waals surface area (Å²) in [6.45, 7) is 2.85. The maximum atomic E-state index is 12.9. The number of para-hydroxylation sites is 1. The highest BCUT2D eigenvalue weighted by Gasteiger charge is 2.30. The van der Waals surface area contributed by atoms with E-state index in [1.54, 1.807) is 6.20 Å². The van der Waals surface area contributed by atoms with Crippen LogP contribution in [0.1, 0.15) is 41.4 Å². The molecule has 8 heteroatoms. The van der Waals surface area contributed by atoms with E-state index in [0.717, 1.165) is 59.5 Å². The molecule has 1 aliphatic heterocycles. The summed E-state index contributed by atoms with van der Waals surface area (Å²) < 4.78 is 12.9. The fourth-order valence-corrected chi connectivity index (χ4v) is 5.19. The Morgan fingerprint density at radius 1 is 1.15 bits per heavy atom. The molecule has 1 aliphatic carbocycles. The zero-order valence-corrected chi connectivity index (χ0v) is 19.7. The molecule has 0 bridgehead atoms. The van der Waals surface area contributed by atoms with Gasteiger partial charge in [0, 0.05) is 36.3 Å². The number of benzene rings is 2. The number of esters is 1. The molecule has 1 saturated carbocycles. The van der Waals surface area contributed by atoms with E-state index in [1.165, 1.54) is 13.5 Å². The van der Waals surface area contributed by atoms with Gasteiger partial charge in [0.25, 0.3) is 0 Å². The second-order valence-corrected chi connectivity index (χ2v) is 9.26. The number of nitrogens with zero attached hydrogens (tertiary/aromatic N) is 4. The molecule has 0 unspecified atom stereocenters. The van der Waals surface area contributed by atoms with Crippen LogP contribution in [0.15, 0.2) is 42.6 Å². The van der Waals surface area contributed by atoms with Gasteiger partial charge in [0.15, 0.2) is 0 Å². The third-order valence-electron chi connectivity index (χ3n) is 6.96. The van der Waals surface area contributed by atoms with Crippen molar-refractivity contribution in [3.63, 3.8) is 0 Å². The number of pyridine rings is 1. The fourth-order valence-electron chi connectivity index (χ4n) is 4.96. The molecule has 34 heavy (non-hydrogen) atoms. The summed E-state index contributed by atoms with van der Waals surface area (Å²) >= 11 is 6.49. The zero-order chi connectivity index (χ0) is 23.2. The molecule has 6 rings (SSSR count). The number of rotatable bonds is 4. The molecule has 0 spiro atoms. The van der Waals surface area contributed by atoms with Crippen LogP contribution in [0, 0.1) is 0 Å². The number of morpholine rings is 1. The molecule has 0 N–H and O–H groups in total. The predicted molar refractivity (Wildman–Crippen MR) is 132 cm³/mol. The number of imidazole rings is 1. The van der Waals surface area contributed by atoms with Gasteiger partial charge in [-0.05, 0) is 37.1 Å². The summed E-state index contributed by atoms with van der Waals surface area (Å²) in [4.78, 5) is 24.7. The van der Waals surface area contributed by atoms with E-state index in [4.69, 9.17) is 26.1 Å². The normalized spacial score (nSPS) is 16.7. The van der Waals surface area contributed by atoms with E-state index >= 15 is 0 Å². The third kappa shape index (κ3) is 3.42. The number of carbonyl (C=O) groups is 1. The van der Waals surface area contributed by atoms with E-state index < -0.39 is 0 Å². The average Bonchev–Trinajstić information content (AvgIpc) is 3.20. The van der Waals surface area contributed by atoms with E-state index in [2.05, 4.69) is 20.5 Å². The maximum absolute atomic E-state index is 12.9. The van der Waals surface area contributed by atoms with Crippen molar-refractivity contribution >= 4 is 45.2 Å². The molecule has 2 aromatic heterocycles. The van der Waals surface area contributed by atoms with Crippen molar-refractivity contribution in [1.82, 2.24) is 14.5 Å². The van der Waals surface area contributed by atoms with Crippen LogP contribution in [0.3, 0.4) is 0 Å². The minimum atomic E-state index is -0.382. The molecule has 7 nitrogen and oxygen atoms in total. The van der Waals surface area contributed by atoms with Crippen molar-refractivity contribution in [3.05, 3.63) is 59.0 Å². The second kappa shape index (κ2) is 8.56. The number of ether oxygens (including phenoxy) is 2. The molecule has 2 fully saturated rings. The number of fused-ring (bicyclic) bond motifs is 2. The first-order chi connectivity index (χ1) is 16.7. The van der Waals surface area contributed by atoms with E-state index in [9.17, 15) is 4.79 Å². The van der Waals surface area contributed by atoms with Gasteiger partial charge in [0.2, 0.25) is 0 Å². The molecule has 3 heterocycles. The van der Waals surface area contributed by atoms with Gasteiger partial charge in [-0.25, -0.2) is 9.78 Å². The van der Waals surface area contributed by atoms with Crippen LogP contribution >= 0.6 is 11.6 Å². The molecule has 2 aromatic carbocycles. The van der Waals surface area contributed by atoms with Crippen LogP contribution in [-0.2, 0) is 9.47 Å². The monoisotopic (exact) mass is 476 g/mol. The molecule has 2 aliphatic rings. The van der Waals surface area contributed by atoms with Gasteiger partial charge in [0.1, 0.15) is 11.3 Å². The molecular formula is C26H25ClN4O3. The van der Waals surface area contributed by atoms with Crippen LogP contribution < -0.4 is 4.90 Å². The number of hydrogen-bond acceptors (Lipinski definition) is 6. The lowest BCUT2D eigenvalue weighted by Gasteiger charge is -2.29. The summed E-state index contributed by atoms with van der Waals surface area (Å²) in [5.41, 5.74) is 4.72. The van der Waals surface area contributed by atoms with Crippen LogP contribution in [0.2, 0.25) is 5.02 Å². The number of carbonyl (C=O) groups excluding carboxylic acids is 1. The lowest BCUT2D eigenvalue weighted by atomic mass is 9.84. The van der Waals surface area contributed by atoms with E-state index in [0.29, 0.717) is 35.2 Å². The van der Waals surface area contributed by atoms with Gasteiger partial charge >= 0.3 is 5.97 Å². The Hall–Kier alpha value is -3.16. The summed E-state index contributed by atoms with van der Waals surface area (Å²) in [5, 5.41) is 1.56. The average molecular weight is 477 g/mol. The highest BCUT2D eigenvalue weighted by atomic mass is 35.5. The Labute approximate surface area is 202 Å². The molecular weight excluding hydrogens is 452 g/mol. The summed E-state index contributed by atoms with van der Waals surface area (Å²) in [7, 11) is 1.41. The molecule has 1 saturated heterocycles. The van der Waals surface area contributed by atoms with E-state index in [-0.39, 0.29) is 5.97 Å². The third-order valence-corrected chi connectivity index (χ3v) is 7.27. The van der Waals surface area contributed by atoms with Gasteiger partial charge in [0.05, 0.1) is 47.6 Å². The largest absolute Gasteiger partial charge is 0.465 e. The van der Waals surface area contributed by atoms with Crippen molar-refractivity contribution in [1.29, 1.82) is 0 Å². The number of anilines is 1. The van der Waals surface area contributed by atoms with Gasteiger partial charge in [-0.15, -0.1) is 0 Å². The van der Waals surface area contributed by atoms with Crippen molar-refractivity contribution in [2.45, 2.75) is 25.2 Å². The topological polar surface area (TPSA) is 69.5 Å². The first-order valence-corrected chi connectivity index (χ1v) is 12.0. The minimum absolute atomic E-state index is 0.340. The number of aromatic nitrogens is 3. The molecule has 0 amide bonds. The number of halogens is 1. The maximum Gasteiger partial charge on any atom is 0.340 e. The second-order valence-electron chi connectivity index (χ2n) is 8.85. The van der Waals surface area contributed by atoms with Crippen LogP contribution in [0.25, 0.3) is 27.6 Å². The highest BCUT2D eigenvalue weighted by molar-refractivity contribution is 6.35.